The number of hydrogen-bond acceptors (Lipinski definition) is 2. The molecule has 0 aromatic heterocycles. The van der Waals surface area contributed by atoms with E-state index in [1.54, 1.807) is 6.07 Å². The Kier molecular flexibility index (Phi) is 4.16. The van der Waals surface area contributed by atoms with Crippen molar-refractivity contribution in [2.45, 2.75) is 38.3 Å². The lowest BCUT2D eigenvalue weighted by Crippen LogP contribution is -2.38. The van der Waals surface area contributed by atoms with Crippen LogP contribution in [-0.4, -0.2) is 24.0 Å². The predicted molar refractivity (Wildman–Crippen MR) is 82.9 cm³/mol. The summed E-state index contributed by atoms with van der Waals surface area (Å²) in [6.07, 6.45) is 3.68. The lowest BCUT2D eigenvalue weighted by Gasteiger charge is -2.30. The normalized spacial score (nSPS) is 32.1. The Labute approximate surface area is 128 Å². The van der Waals surface area contributed by atoms with E-state index in [0.29, 0.717) is 17.9 Å². The van der Waals surface area contributed by atoms with Gasteiger partial charge in [-0.3, -0.25) is 4.90 Å². The summed E-state index contributed by atoms with van der Waals surface area (Å²) in [6, 6.07) is 5.83. The molecule has 0 amide bonds. The Morgan fingerprint density at radius 3 is 2.85 bits per heavy atom. The Morgan fingerprint density at radius 1 is 1.35 bits per heavy atom. The van der Waals surface area contributed by atoms with Crippen LogP contribution in [0.4, 0.5) is 4.39 Å². The molecule has 0 bridgehead atoms. The number of halogens is 2. The molecule has 0 radical (unpaired) electrons. The van der Waals surface area contributed by atoms with Crippen molar-refractivity contribution in [3.05, 3.63) is 34.1 Å². The zero-order chi connectivity index (χ0) is 14.3. The first-order valence-corrected chi connectivity index (χ1v) is 8.30. The molecule has 4 atom stereocenters. The van der Waals surface area contributed by atoms with Gasteiger partial charge in [0.05, 0.1) is 0 Å². The van der Waals surface area contributed by atoms with Crippen LogP contribution >= 0.6 is 15.9 Å². The largest absolute Gasteiger partial charge is 0.327 e. The summed E-state index contributed by atoms with van der Waals surface area (Å²) in [7, 11) is 0. The van der Waals surface area contributed by atoms with Crippen LogP contribution in [0.2, 0.25) is 0 Å². The van der Waals surface area contributed by atoms with Gasteiger partial charge in [-0.05, 0) is 43.7 Å². The number of benzene rings is 1. The van der Waals surface area contributed by atoms with Crippen molar-refractivity contribution >= 4 is 15.9 Å². The van der Waals surface area contributed by atoms with Crippen LogP contribution in [0.25, 0.3) is 0 Å². The van der Waals surface area contributed by atoms with Crippen molar-refractivity contribution in [3.63, 3.8) is 0 Å². The molecule has 2 nitrogen and oxygen atoms in total. The Hall–Kier alpha value is -0.450. The highest BCUT2D eigenvalue weighted by Gasteiger charge is 2.40. The van der Waals surface area contributed by atoms with Gasteiger partial charge < -0.3 is 5.73 Å². The fraction of sp³-hybridized carbons (Fsp3) is 0.625. The van der Waals surface area contributed by atoms with Crippen molar-refractivity contribution in [1.82, 2.24) is 4.90 Å². The summed E-state index contributed by atoms with van der Waals surface area (Å²) >= 11 is 3.32. The maximum absolute atomic E-state index is 14.1. The highest BCUT2D eigenvalue weighted by atomic mass is 79.9. The summed E-state index contributed by atoms with van der Waals surface area (Å²) in [5.41, 5.74) is 7.06. The van der Waals surface area contributed by atoms with E-state index in [-0.39, 0.29) is 11.9 Å². The molecule has 0 spiro atoms. The fourth-order valence-electron chi connectivity index (χ4n) is 3.90. The fourth-order valence-corrected chi connectivity index (χ4v) is 4.24. The lowest BCUT2D eigenvalue weighted by molar-refractivity contribution is 0.241. The number of likely N-dealkylation sites (tertiary alicyclic amines) is 1. The van der Waals surface area contributed by atoms with Crippen molar-refractivity contribution in [1.29, 1.82) is 0 Å². The van der Waals surface area contributed by atoms with Gasteiger partial charge in [0.2, 0.25) is 0 Å². The van der Waals surface area contributed by atoms with Crippen molar-refractivity contribution in [2.75, 3.05) is 13.1 Å². The molecule has 2 fully saturated rings. The molecule has 1 saturated carbocycles. The first-order chi connectivity index (χ1) is 9.56. The van der Waals surface area contributed by atoms with Crippen LogP contribution in [0.15, 0.2) is 22.7 Å². The van der Waals surface area contributed by atoms with Gasteiger partial charge in [0.25, 0.3) is 0 Å². The van der Waals surface area contributed by atoms with Gasteiger partial charge in [-0.2, -0.15) is 0 Å². The number of nitrogens with two attached hydrogens (primary N) is 1. The van der Waals surface area contributed by atoms with E-state index in [1.165, 1.54) is 12.8 Å². The number of nitrogens with zero attached hydrogens (tertiary/aromatic N) is 1. The smallest absolute Gasteiger partial charge is 0.129 e. The lowest BCUT2D eigenvalue weighted by atomic mass is 9.78. The molecule has 1 aromatic rings. The topological polar surface area (TPSA) is 29.3 Å². The van der Waals surface area contributed by atoms with Gasteiger partial charge in [0.1, 0.15) is 5.82 Å². The molecule has 2 aliphatic rings. The van der Waals surface area contributed by atoms with Crippen LogP contribution in [0, 0.1) is 17.7 Å². The van der Waals surface area contributed by atoms with Gasteiger partial charge >= 0.3 is 0 Å². The molecule has 110 valence electrons. The minimum absolute atomic E-state index is 0.119. The average molecular weight is 341 g/mol. The highest BCUT2D eigenvalue weighted by molar-refractivity contribution is 9.10. The van der Waals surface area contributed by atoms with Gasteiger partial charge in [-0.1, -0.05) is 28.4 Å². The van der Waals surface area contributed by atoms with Crippen LogP contribution in [0.5, 0.6) is 0 Å². The Bertz CT molecular complexity index is 493. The van der Waals surface area contributed by atoms with Crippen molar-refractivity contribution in [3.8, 4) is 0 Å². The van der Waals surface area contributed by atoms with E-state index >= 15 is 0 Å². The SMILES string of the molecule is CC(c1ccc(Br)cc1F)N1CC2CCCC(N)C2C1. The number of hydrogen-bond donors (Lipinski definition) is 1. The van der Waals surface area contributed by atoms with Crippen molar-refractivity contribution in [2.24, 2.45) is 17.6 Å². The average Bonchev–Trinajstić information content (AvgIpc) is 2.83. The molecule has 2 N–H and O–H groups in total. The van der Waals surface area contributed by atoms with Gasteiger partial charge in [-0.25, -0.2) is 4.39 Å². The predicted octanol–water partition coefficient (Wildman–Crippen LogP) is 3.71. The van der Waals surface area contributed by atoms with E-state index in [2.05, 4.69) is 27.8 Å². The maximum atomic E-state index is 14.1. The summed E-state index contributed by atoms with van der Waals surface area (Å²) in [4.78, 5) is 2.41. The quantitative estimate of drug-likeness (QED) is 0.889. The third-order valence-electron chi connectivity index (χ3n) is 5.14. The van der Waals surface area contributed by atoms with Crippen LogP contribution in [-0.2, 0) is 0 Å². The first kappa shape index (κ1) is 14.5. The van der Waals surface area contributed by atoms with Gasteiger partial charge in [-0.15, -0.1) is 0 Å². The zero-order valence-electron chi connectivity index (χ0n) is 11.9. The summed E-state index contributed by atoms with van der Waals surface area (Å²) in [5.74, 6) is 1.19. The minimum Gasteiger partial charge on any atom is -0.327 e. The second-order valence-corrected chi connectivity index (χ2v) is 7.23. The minimum atomic E-state index is -0.119. The van der Waals surface area contributed by atoms with Gasteiger partial charge in [0.15, 0.2) is 0 Å². The molecular weight excluding hydrogens is 319 g/mol. The standard InChI is InChI=1S/C16H22BrFN2/c1-10(13-6-5-12(17)7-15(13)18)20-8-11-3-2-4-16(19)14(11)9-20/h5-7,10-11,14,16H,2-4,8-9,19H2,1H3. The van der Waals surface area contributed by atoms with E-state index in [9.17, 15) is 4.39 Å². The Morgan fingerprint density at radius 2 is 2.15 bits per heavy atom. The molecule has 1 saturated heterocycles. The Balaban J connectivity index is 1.76. The van der Waals surface area contributed by atoms with E-state index < -0.39 is 0 Å². The zero-order valence-corrected chi connectivity index (χ0v) is 13.4. The molecule has 1 heterocycles. The van der Waals surface area contributed by atoms with Gasteiger partial charge in [0, 0.05) is 35.2 Å². The van der Waals surface area contributed by atoms with Crippen molar-refractivity contribution < 1.29 is 4.39 Å². The second kappa shape index (κ2) is 5.74. The third-order valence-corrected chi connectivity index (χ3v) is 5.64. The van der Waals surface area contributed by atoms with Crippen LogP contribution in [0.3, 0.4) is 0 Å². The molecule has 4 unspecified atom stereocenters. The molecule has 3 rings (SSSR count). The molecular formula is C16H22BrFN2. The molecule has 1 aromatic carbocycles. The van der Waals surface area contributed by atoms with E-state index in [1.807, 2.05) is 12.1 Å². The summed E-state index contributed by atoms with van der Waals surface area (Å²) in [6.45, 7) is 4.19. The first-order valence-electron chi connectivity index (χ1n) is 7.51. The van der Waals surface area contributed by atoms with Crippen LogP contribution in [0.1, 0.15) is 37.8 Å². The third kappa shape index (κ3) is 2.66. The molecule has 4 heteroatoms. The van der Waals surface area contributed by atoms with E-state index in [0.717, 1.165) is 29.5 Å². The van der Waals surface area contributed by atoms with E-state index in [4.69, 9.17) is 5.73 Å². The van der Waals surface area contributed by atoms with Crippen LogP contribution < -0.4 is 5.73 Å². The molecule has 20 heavy (non-hydrogen) atoms. The highest BCUT2D eigenvalue weighted by Crippen LogP contribution is 2.39. The molecule has 1 aliphatic carbocycles. The number of fused-ring (bicyclic) bond motifs is 1. The summed E-state index contributed by atoms with van der Waals surface area (Å²) in [5, 5.41) is 0. The monoisotopic (exact) mass is 340 g/mol. The maximum Gasteiger partial charge on any atom is 0.129 e. The summed E-state index contributed by atoms with van der Waals surface area (Å²) < 4.78 is 14.9. The number of rotatable bonds is 2. The second-order valence-electron chi connectivity index (χ2n) is 6.31. The molecule has 1 aliphatic heterocycles.